The number of pyridine rings is 1. The average Bonchev–Trinajstić information content (AvgIpc) is 3.52. The van der Waals surface area contributed by atoms with Crippen molar-refractivity contribution in [2.75, 3.05) is 5.73 Å². The van der Waals surface area contributed by atoms with E-state index in [4.69, 9.17) is 15.2 Å². The van der Waals surface area contributed by atoms with Crippen LogP contribution >= 0.6 is 0 Å². The summed E-state index contributed by atoms with van der Waals surface area (Å²) >= 11 is 0. The van der Waals surface area contributed by atoms with Gasteiger partial charge in [-0.1, -0.05) is 13.8 Å². The van der Waals surface area contributed by atoms with Gasteiger partial charge in [0, 0.05) is 29.8 Å². The lowest BCUT2D eigenvalue weighted by atomic mass is 9.91. The number of carbonyl (C=O) groups is 2. The molecule has 0 aliphatic heterocycles. The predicted octanol–water partition coefficient (Wildman–Crippen LogP) is 6.25. The van der Waals surface area contributed by atoms with Gasteiger partial charge in [0.15, 0.2) is 17.4 Å². The molecule has 5 rings (SSSR count). The van der Waals surface area contributed by atoms with Crippen molar-refractivity contribution in [3.8, 4) is 11.4 Å². The van der Waals surface area contributed by atoms with Crippen LogP contribution in [-0.2, 0) is 9.53 Å². The summed E-state index contributed by atoms with van der Waals surface area (Å²) in [5.41, 5.74) is 4.45. The van der Waals surface area contributed by atoms with Crippen LogP contribution in [0.3, 0.4) is 0 Å². The molecule has 0 bridgehead atoms. The molecule has 8 nitrogen and oxygen atoms in total. The summed E-state index contributed by atoms with van der Waals surface area (Å²) < 4.78 is 56.5. The van der Waals surface area contributed by atoms with E-state index in [2.05, 4.69) is 19.2 Å². The van der Waals surface area contributed by atoms with Crippen LogP contribution in [0.4, 0.5) is 19.0 Å². The minimum absolute atomic E-state index is 0.00297. The third kappa shape index (κ3) is 7.81. The molecular formula is C35H40F3N3O5. The number of aromatic nitrogens is 1. The van der Waals surface area contributed by atoms with Crippen LogP contribution in [0.2, 0.25) is 0 Å². The monoisotopic (exact) mass is 639 g/mol. The largest absolute Gasteiger partial charge is 0.490 e. The van der Waals surface area contributed by atoms with Crippen molar-refractivity contribution in [1.29, 1.82) is 0 Å². The molecule has 2 saturated carbocycles. The third-order valence-corrected chi connectivity index (χ3v) is 8.69. The van der Waals surface area contributed by atoms with Crippen LogP contribution in [0.1, 0.15) is 87.6 Å². The van der Waals surface area contributed by atoms with Gasteiger partial charge in [0.1, 0.15) is 35.2 Å². The van der Waals surface area contributed by atoms with E-state index in [0.717, 1.165) is 56.0 Å². The van der Waals surface area contributed by atoms with Gasteiger partial charge in [-0.2, -0.15) is 0 Å². The molecule has 0 saturated heterocycles. The van der Waals surface area contributed by atoms with Gasteiger partial charge in [0.05, 0.1) is 11.7 Å². The van der Waals surface area contributed by atoms with Crippen molar-refractivity contribution >= 4 is 17.6 Å². The Labute approximate surface area is 266 Å². The highest BCUT2D eigenvalue weighted by molar-refractivity contribution is 6.11. The first-order valence-electron chi connectivity index (χ1n) is 15.9. The van der Waals surface area contributed by atoms with Gasteiger partial charge in [-0.15, -0.1) is 0 Å². The lowest BCUT2D eigenvalue weighted by Gasteiger charge is -2.32. The molecule has 3 aromatic rings. The molecule has 2 fully saturated rings. The third-order valence-electron chi connectivity index (χ3n) is 8.69. The number of hydrogen-bond acceptors (Lipinski definition) is 7. The molecule has 0 unspecified atom stereocenters. The van der Waals surface area contributed by atoms with E-state index in [9.17, 15) is 18.8 Å². The fourth-order valence-electron chi connectivity index (χ4n) is 6.34. The number of anilines is 1. The van der Waals surface area contributed by atoms with Crippen molar-refractivity contribution in [3.05, 3.63) is 87.5 Å². The van der Waals surface area contributed by atoms with E-state index < -0.39 is 40.3 Å². The van der Waals surface area contributed by atoms with Crippen LogP contribution in [0, 0.1) is 23.4 Å². The van der Waals surface area contributed by atoms with Gasteiger partial charge < -0.3 is 20.5 Å². The van der Waals surface area contributed by atoms with Crippen LogP contribution in [-0.4, -0.2) is 40.6 Å². The summed E-state index contributed by atoms with van der Waals surface area (Å²) in [6.07, 6.45) is 6.99. The molecule has 246 valence electrons. The zero-order chi connectivity index (χ0) is 33.0. The first kappa shape index (κ1) is 33.2. The highest BCUT2D eigenvalue weighted by atomic mass is 19.1. The summed E-state index contributed by atoms with van der Waals surface area (Å²) in [4.78, 5) is 38.7. The van der Waals surface area contributed by atoms with Crippen LogP contribution in [0.5, 0.6) is 5.75 Å². The molecule has 1 aromatic heterocycles. The summed E-state index contributed by atoms with van der Waals surface area (Å²) in [5.74, 6) is -3.76. The molecule has 0 radical (unpaired) electrons. The first-order valence-corrected chi connectivity index (χ1v) is 15.9. The summed E-state index contributed by atoms with van der Waals surface area (Å²) in [7, 11) is 0. The van der Waals surface area contributed by atoms with Crippen molar-refractivity contribution in [1.82, 2.24) is 9.88 Å². The smallest absolute Gasteiger partial charge is 0.323 e. The number of benzene rings is 2. The van der Waals surface area contributed by atoms with Gasteiger partial charge in [-0.25, -0.2) is 13.2 Å². The summed E-state index contributed by atoms with van der Waals surface area (Å²) in [5, 5.41) is 3.49. The number of ketones is 1. The normalized spacial score (nSPS) is 19.3. The number of esters is 1. The van der Waals surface area contributed by atoms with Crippen molar-refractivity contribution in [2.45, 2.75) is 95.9 Å². The van der Waals surface area contributed by atoms with Crippen molar-refractivity contribution in [2.24, 2.45) is 5.92 Å². The molecule has 0 amide bonds. The number of nitrogens with two attached hydrogens (primary N) is 1. The van der Waals surface area contributed by atoms with Gasteiger partial charge in [0.25, 0.3) is 5.56 Å². The molecule has 1 heterocycles. The Morgan fingerprint density at radius 1 is 0.913 bits per heavy atom. The minimum atomic E-state index is -1.09. The van der Waals surface area contributed by atoms with Crippen LogP contribution in [0.15, 0.2) is 53.3 Å². The standard InChI is InChI=1S/C35H40F3N3O5/c1-20(2)17-30(35(44)46-24-5-3-4-6-24)40-23-11-13-25(14-12-23)45-26-18-28(37)32(29(38)19-26)41-31(42)16-15-27(34(41)39)33(43)21-7-9-22(36)10-8-21/h7-10,15-16,18-20,23-25,30,40H,3-6,11-14,17,39H2,1-2H3/t23?,25?,30-/m0/s1. The van der Waals surface area contributed by atoms with Crippen molar-refractivity contribution < 1.29 is 32.2 Å². The summed E-state index contributed by atoms with van der Waals surface area (Å²) in [6.45, 7) is 4.14. The maximum atomic E-state index is 15.4. The van der Waals surface area contributed by atoms with E-state index in [0.29, 0.717) is 42.6 Å². The zero-order valence-electron chi connectivity index (χ0n) is 26.1. The van der Waals surface area contributed by atoms with Gasteiger partial charge in [0.2, 0.25) is 0 Å². The highest BCUT2D eigenvalue weighted by Gasteiger charge is 2.31. The number of nitrogens with one attached hydrogen (secondary N) is 1. The molecule has 2 aliphatic rings. The van der Waals surface area contributed by atoms with E-state index in [1.807, 2.05) is 0 Å². The Bertz CT molecular complexity index is 1590. The molecule has 3 N–H and O–H groups in total. The first-order chi connectivity index (χ1) is 22.0. The predicted molar refractivity (Wildman–Crippen MR) is 168 cm³/mol. The Balaban J connectivity index is 1.25. The molecule has 46 heavy (non-hydrogen) atoms. The van der Waals surface area contributed by atoms with E-state index in [1.54, 1.807) is 0 Å². The van der Waals surface area contributed by atoms with E-state index >= 15 is 8.78 Å². The second kappa shape index (κ2) is 14.5. The minimum Gasteiger partial charge on any atom is -0.490 e. The molecule has 11 heteroatoms. The molecule has 0 spiro atoms. The second-order valence-electron chi connectivity index (χ2n) is 12.7. The van der Waals surface area contributed by atoms with Gasteiger partial charge >= 0.3 is 5.97 Å². The number of ether oxygens (including phenoxy) is 2. The second-order valence-corrected chi connectivity index (χ2v) is 12.7. The Morgan fingerprint density at radius 3 is 2.15 bits per heavy atom. The lowest BCUT2D eigenvalue weighted by molar-refractivity contribution is -0.152. The fraction of sp³-hybridized carbons (Fsp3) is 0.457. The molecular weight excluding hydrogens is 599 g/mol. The maximum Gasteiger partial charge on any atom is 0.323 e. The van der Waals surface area contributed by atoms with E-state index in [-0.39, 0.29) is 47.1 Å². The number of nitrogens with zero attached hydrogens (tertiary/aromatic N) is 1. The number of hydrogen-bond donors (Lipinski definition) is 2. The Kier molecular flexibility index (Phi) is 10.5. The molecule has 2 aliphatic carbocycles. The Morgan fingerprint density at radius 2 is 1.54 bits per heavy atom. The quantitative estimate of drug-likeness (QED) is 0.189. The number of carbonyl (C=O) groups excluding carboxylic acids is 2. The number of nitrogen functional groups attached to an aromatic ring is 1. The molecule has 2 aromatic carbocycles. The fourth-order valence-corrected chi connectivity index (χ4v) is 6.34. The van der Waals surface area contributed by atoms with Crippen molar-refractivity contribution in [3.63, 3.8) is 0 Å². The van der Waals surface area contributed by atoms with Gasteiger partial charge in [-0.05, 0) is 94.0 Å². The zero-order valence-corrected chi connectivity index (χ0v) is 26.1. The number of halogens is 3. The van der Waals surface area contributed by atoms with Gasteiger partial charge in [-0.3, -0.25) is 19.0 Å². The lowest BCUT2D eigenvalue weighted by Crippen LogP contribution is -2.47. The maximum absolute atomic E-state index is 15.4. The summed E-state index contributed by atoms with van der Waals surface area (Å²) in [6, 6.07) is 8.51. The van der Waals surface area contributed by atoms with E-state index in [1.165, 1.54) is 18.2 Å². The van der Waals surface area contributed by atoms with Crippen LogP contribution < -0.4 is 21.3 Å². The Hall–Kier alpha value is -4.12. The SMILES string of the molecule is CC(C)C[C@H](NC1CCC(Oc2cc(F)c(-n3c(N)c(C(=O)c4ccc(F)cc4)ccc3=O)c(F)c2)CC1)C(=O)OC1CCCC1. The molecule has 1 atom stereocenters. The average molecular weight is 640 g/mol. The highest BCUT2D eigenvalue weighted by Crippen LogP contribution is 2.30. The number of rotatable bonds is 11. The topological polar surface area (TPSA) is 113 Å². The van der Waals surface area contributed by atoms with Crippen LogP contribution in [0.25, 0.3) is 5.69 Å².